The molecule has 0 fully saturated rings. The molecule has 68 valence electrons. The van der Waals surface area contributed by atoms with Crippen molar-refractivity contribution < 1.29 is 9.59 Å². The van der Waals surface area contributed by atoms with Gasteiger partial charge in [0.2, 0.25) is 5.91 Å². The molecule has 3 nitrogen and oxygen atoms in total. The van der Waals surface area contributed by atoms with Gasteiger partial charge in [0.15, 0.2) is 0 Å². The van der Waals surface area contributed by atoms with Crippen LogP contribution in [0.1, 0.15) is 12.5 Å². The summed E-state index contributed by atoms with van der Waals surface area (Å²) in [4.78, 5) is 20.7. The fourth-order valence-corrected chi connectivity index (χ4v) is 0.993. The molecule has 0 spiro atoms. The van der Waals surface area contributed by atoms with Crippen molar-refractivity contribution in [3.05, 3.63) is 29.8 Å². The van der Waals surface area contributed by atoms with Crippen LogP contribution in [-0.2, 0) is 16.0 Å². The van der Waals surface area contributed by atoms with E-state index in [9.17, 15) is 9.59 Å². The standard InChI is InChI=1S/C10H10NO2/c1-8(13)11-10-4-2-9(3-5-10)6-7-12/h2-5H,6H2,1H3,(H,11,13)/q-1. The lowest BCUT2D eigenvalue weighted by molar-refractivity contribution is -0.114. The average Bonchev–Trinajstić information content (AvgIpc) is 2.08. The van der Waals surface area contributed by atoms with E-state index in [0.29, 0.717) is 6.42 Å². The number of anilines is 1. The molecule has 13 heavy (non-hydrogen) atoms. The van der Waals surface area contributed by atoms with Gasteiger partial charge in [-0.2, -0.15) is 0 Å². The predicted molar refractivity (Wildman–Crippen MR) is 50.1 cm³/mol. The average molecular weight is 176 g/mol. The largest absolute Gasteiger partial charge is 0.541 e. The number of carbonyl (C=O) groups is 1. The lowest BCUT2D eigenvalue weighted by Crippen LogP contribution is -2.05. The number of amides is 1. The molecule has 1 aromatic rings. The van der Waals surface area contributed by atoms with E-state index in [-0.39, 0.29) is 5.91 Å². The normalized spacial score (nSPS) is 9.31. The summed E-state index contributed by atoms with van der Waals surface area (Å²) in [5.74, 6) is -0.102. The SMILES string of the molecule is CC(=O)Nc1ccc(C[C-]=O)cc1. The van der Waals surface area contributed by atoms with Crippen LogP contribution in [0.3, 0.4) is 0 Å². The first-order valence-corrected chi connectivity index (χ1v) is 3.94. The Hall–Kier alpha value is -1.64. The fraction of sp³-hybridized carbons (Fsp3) is 0.200. The van der Waals surface area contributed by atoms with Gasteiger partial charge in [-0.25, -0.2) is 0 Å². The van der Waals surface area contributed by atoms with Gasteiger partial charge in [0.05, 0.1) is 0 Å². The van der Waals surface area contributed by atoms with Crippen LogP contribution in [-0.4, -0.2) is 12.2 Å². The molecule has 0 aliphatic heterocycles. The Labute approximate surface area is 76.8 Å². The smallest absolute Gasteiger partial charge is 0.221 e. The van der Waals surface area contributed by atoms with E-state index < -0.39 is 0 Å². The Morgan fingerprint density at radius 3 is 2.46 bits per heavy atom. The second kappa shape index (κ2) is 4.40. The van der Waals surface area contributed by atoms with E-state index in [0.717, 1.165) is 11.3 Å². The van der Waals surface area contributed by atoms with E-state index in [1.165, 1.54) is 6.92 Å². The van der Waals surface area contributed by atoms with Gasteiger partial charge in [0.1, 0.15) is 0 Å². The van der Waals surface area contributed by atoms with Crippen LogP contribution >= 0.6 is 0 Å². The molecule has 0 saturated heterocycles. The Morgan fingerprint density at radius 2 is 2.00 bits per heavy atom. The molecule has 0 aliphatic rings. The molecule has 1 aromatic carbocycles. The maximum Gasteiger partial charge on any atom is 0.221 e. The second-order valence-corrected chi connectivity index (χ2v) is 2.70. The molecule has 1 N–H and O–H groups in total. The number of hydrogen-bond donors (Lipinski definition) is 1. The van der Waals surface area contributed by atoms with Crippen LogP contribution in [0.4, 0.5) is 5.69 Å². The highest BCUT2D eigenvalue weighted by Gasteiger charge is 1.93. The molecule has 0 atom stereocenters. The molecular formula is C10H10NO2-. The molecule has 1 amide bonds. The third-order valence-corrected chi connectivity index (χ3v) is 1.55. The zero-order chi connectivity index (χ0) is 9.68. The van der Waals surface area contributed by atoms with Crippen molar-refractivity contribution in [2.24, 2.45) is 0 Å². The maximum atomic E-state index is 10.7. The van der Waals surface area contributed by atoms with Gasteiger partial charge >= 0.3 is 0 Å². The van der Waals surface area contributed by atoms with Crippen LogP contribution < -0.4 is 5.32 Å². The highest BCUT2D eigenvalue weighted by atomic mass is 16.1. The van der Waals surface area contributed by atoms with Gasteiger partial charge in [-0.05, 0) is 12.1 Å². The maximum absolute atomic E-state index is 10.7. The van der Waals surface area contributed by atoms with Crippen molar-refractivity contribution >= 4 is 17.9 Å². The molecule has 0 aliphatic carbocycles. The zero-order valence-electron chi connectivity index (χ0n) is 7.33. The fourth-order valence-electron chi connectivity index (χ4n) is 0.993. The molecule has 0 aromatic heterocycles. The lowest BCUT2D eigenvalue weighted by Gasteiger charge is -2.04. The van der Waals surface area contributed by atoms with Crippen LogP contribution in [0, 0.1) is 0 Å². The highest BCUT2D eigenvalue weighted by molar-refractivity contribution is 5.88. The quantitative estimate of drug-likeness (QED) is 0.705. The third kappa shape index (κ3) is 3.07. The minimum Gasteiger partial charge on any atom is -0.541 e. The van der Waals surface area contributed by atoms with Gasteiger partial charge in [0.25, 0.3) is 0 Å². The molecule has 0 heterocycles. The Bertz CT molecular complexity index is 303. The molecular weight excluding hydrogens is 166 g/mol. The van der Waals surface area contributed by atoms with Crippen molar-refractivity contribution in [1.82, 2.24) is 0 Å². The first-order valence-electron chi connectivity index (χ1n) is 3.94. The van der Waals surface area contributed by atoms with E-state index >= 15 is 0 Å². The van der Waals surface area contributed by atoms with Crippen molar-refractivity contribution in [1.29, 1.82) is 0 Å². The summed E-state index contributed by atoms with van der Waals surface area (Å²) in [7, 11) is 0. The molecule has 3 heteroatoms. The minimum absolute atomic E-state index is 0.102. The zero-order valence-corrected chi connectivity index (χ0v) is 7.33. The number of carbonyl (C=O) groups excluding carboxylic acids is 2. The van der Waals surface area contributed by atoms with Crippen molar-refractivity contribution in [2.75, 3.05) is 5.32 Å². The molecule has 1 rings (SSSR count). The highest BCUT2D eigenvalue weighted by Crippen LogP contribution is 2.08. The van der Waals surface area contributed by atoms with E-state index in [2.05, 4.69) is 5.32 Å². The lowest BCUT2D eigenvalue weighted by atomic mass is 10.1. The van der Waals surface area contributed by atoms with Crippen LogP contribution in [0.25, 0.3) is 0 Å². The van der Waals surface area contributed by atoms with Gasteiger partial charge in [-0.1, -0.05) is 17.7 Å². The Kier molecular flexibility index (Phi) is 3.20. The van der Waals surface area contributed by atoms with E-state index in [1.54, 1.807) is 30.6 Å². The van der Waals surface area contributed by atoms with Crippen LogP contribution in [0.2, 0.25) is 0 Å². The summed E-state index contributed by atoms with van der Waals surface area (Å²) in [6.07, 6.45) is 2.10. The Morgan fingerprint density at radius 1 is 1.38 bits per heavy atom. The first-order chi connectivity index (χ1) is 6.22. The van der Waals surface area contributed by atoms with Crippen LogP contribution in [0.5, 0.6) is 0 Å². The summed E-state index contributed by atoms with van der Waals surface area (Å²) in [6, 6.07) is 7.09. The number of benzene rings is 1. The van der Waals surface area contributed by atoms with Gasteiger partial charge in [0, 0.05) is 12.6 Å². The number of hydrogen-bond acceptors (Lipinski definition) is 2. The summed E-state index contributed by atoms with van der Waals surface area (Å²) >= 11 is 0. The third-order valence-electron chi connectivity index (χ3n) is 1.55. The summed E-state index contributed by atoms with van der Waals surface area (Å²) in [5.41, 5.74) is 1.63. The van der Waals surface area contributed by atoms with E-state index in [4.69, 9.17) is 0 Å². The van der Waals surface area contributed by atoms with Gasteiger partial charge in [-0.15, -0.1) is 6.42 Å². The van der Waals surface area contributed by atoms with Gasteiger partial charge in [-0.3, -0.25) is 11.1 Å². The molecule has 0 saturated carbocycles. The molecule has 0 unspecified atom stereocenters. The number of nitrogens with one attached hydrogen (secondary N) is 1. The summed E-state index contributed by atoms with van der Waals surface area (Å²) in [6.45, 7) is 1.45. The summed E-state index contributed by atoms with van der Waals surface area (Å²) < 4.78 is 0. The second-order valence-electron chi connectivity index (χ2n) is 2.70. The summed E-state index contributed by atoms with van der Waals surface area (Å²) in [5, 5.41) is 2.64. The number of rotatable bonds is 3. The molecule has 0 bridgehead atoms. The Balaban J connectivity index is 2.69. The molecule has 0 radical (unpaired) electrons. The minimum atomic E-state index is -0.102. The van der Waals surface area contributed by atoms with Crippen molar-refractivity contribution in [3.8, 4) is 0 Å². The monoisotopic (exact) mass is 176 g/mol. The van der Waals surface area contributed by atoms with Gasteiger partial charge < -0.3 is 10.1 Å². The predicted octanol–water partition coefficient (Wildman–Crippen LogP) is 1.30. The topological polar surface area (TPSA) is 46.2 Å². The van der Waals surface area contributed by atoms with Crippen molar-refractivity contribution in [3.63, 3.8) is 0 Å². The van der Waals surface area contributed by atoms with Crippen molar-refractivity contribution in [2.45, 2.75) is 13.3 Å². The first kappa shape index (κ1) is 9.45. The van der Waals surface area contributed by atoms with Crippen LogP contribution in [0.15, 0.2) is 24.3 Å². The van der Waals surface area contributed by atoms with E-state index in [1.807, 2.05) is 0 Å².